The van der Waals surface area contributed by atoms with Crippen molar-refractivity contribution in [3.63, 3.8) is 0 Å². The third-order valence-electron chi connectivity index (χ3n) is 3.22. The van der Waals surface area contributed by atoms with E-state index in [9.17, 15) is 25.4 Å². The van der Waals surface area contributed by atoms with E-state index in [1.54, 1.807) is 0 Å². The Morgan fingerprint density at radius 3 is 2.50 bits per heavy atom. The second-order valence-electron chi connectivity index (χ2n) is 4.69. The zero-order valence-corrected chi connectivity index (χ0v) is 11.8. The van der Waals surface area contributed by atoms with Crippen LogP contribution in [0.3, 0.4) is 0 Å². The van der Waals surface area contributed by atoms with E-state index < -0.39 is 42.2 Å². The van der Waals surface area contributed by atoms with Gasteiger partial charge in [0.1, 0.15) is 30.2 Å². The lowest BCUT2D eigenvalue weighted by molar-refractivity contribution is -0.384. The number of aliphatic hydroxyl groups is 4. The van der Waals surface area contributed by atoms with Crippen molar-refractivity contribution in [1.29, 1.82) is 0 Å². The molecule has 5 atom stereocenters. The highest BCUT2D eigenvalue weighted by molar-refractivity contribution is 6.32. The van der Waals surface area contributed by atoms with E-state index in [1.165, 1.54) is 6.07 Å². The Hall–Kier alpha value is -1.49. The lowest BCUT2D eigenvalue weighted by Gasteiger charge is -2.39. The predicted octanol–water partition coefficient (Wildman–Crippen LogP) is -0.573. The Kier molecular flexibility index (Phi) is 5.16. The largest absolute Gasteiger partial charge is 0.460 e. The molecule has 1 aliphatic heterocycles. The van der Waals surface area contributed by atoms with Crippen LogP contribution in [-0.2, 0) is 4.74 Å². The fourth-order valence-corrected chi connectivity index (χ4v) is 2.21. The molecule has 1 aliphatic rings. The SMILES string of the molecule is O=[N+]([O-])c1ccc(O[C@@H]2OC(CO)[C@H](O)[C@H](O)C2O)c(Cl)c1. The first-order chi connectivity index (χ1) is 10.3. The lowest BCUT2D eigenvalue weighted by atomic mass is 9.99. The normalized spacial score (nSPS) is 31.8. The fourth-order valence-electron chi connectivity index (χ4n) is 1.99. The molecule has 9 nitrogen and oxygen atoms in total. The zero-order chi connectivity index (χ0) is 16.4. The highest BCUT2D eigenvalue weighted by atomic mass is 35.5. The molecule has 0 spiro atoms. The highest BCUT2D eigenvalue weighted by Gasteiger charge is 2.44. The molecule has 2 unspecified atom stereocenters. The lowest BCUT2D eigenvalue weighted by Crippen LogP contribution is -2.60. The fraction of sp³-hybridized carbons (Fsp3) is 0.500. The van der Waals surface area contributed by atoms with Crippen molar-refractivity contribution >= 4 is 17.3 Å². The number of ether oxygens (including phenoxy) is 2. The number of hydrogen-bond acceptors (Lipinski definition) is 8. The average Bonchev–Trinajstić information content (AvgIpc) is 2.49. The molecule has 0 radical (unpaired) electrons. The predicted molar refractivity (Wildman–Crippen MR) is 72.5 cm³/mol. The topological polar surface area (TPSA) is 143 Å². The van der Waals surface area contributed by atoms with Gasteiger partial charge in [0.25, 0.3) is 5.69 Å². The molecule has 1 saturated heterocycles. The van der Waals surface area contributed by atoms with E-state index in [0.717, 1.165) is 12.1 Å². The number of nitro benzene ring substituents is 1. The van der Waals surface area contributed by atoms with Crippen LogP contribution in [0.1, 0.15) is 0 Å². The summed E-state index contributed by atoms with van der Waals surface area (Å²) in [6, 6.07) is 3.41. The first-order valence-electron chi connectivity index (χ1n) is 6.26. The second-order valence-corrected chi connectivity index (χ2v) is 5.09. The summed E-state index contributed by atoms with van der Waals surface area (Å²) in [7, 11) is 0. The second kappa shape index (κ2) is 6.73. The van der Waals surface area contributed by atoms with E-state index >= 15 is 0 Å². The number of hydrogen-bond donors (Lipinski definition) is 4. The van der Waals surface area contributed by atoms with E-state index in [0.29, 0.717) is 0 Å². The molecule has 0 saturated carbocycles. The number of aliphatic hydroxyl groups excluding tert-OH is 4. The van der Waals surface area contributed by atoms with Gasteiger partial charge < -0.3 is 29.9 Å². The third kappa shape index (κ3) is 3.29. The molecule has 0 aliphatic carbocycles. The van der Waals surface area contributed by atoms with Crippen molar-refractivity contribution < 1.29 is 34.8 Å². The van der Waals surface area contributed by atoms with Crippen LogP contribution in [0.15, 0.2) is 18.2 Å². The Morgan fingerprint density at radius 1 is 1.27 bits per heavy atom. The van der Waals surface area contributed by atoms with Crippen LogP contribution >= 0.6 is 11.6 Å². The summed E-state index contributed by atoms with van der Waals surface area (Å²) in [6.45, 7) is -0.598. The minimum absolute atomic E-state index is 0.0170. The first kappa shape index (κ1) is 16.9. The van der Waals surface area contributed by atoms with Gasteiger partial charge in [-0.05, 0) is 6.07 Å². The van der Waals surface area contributed by atoms with Crippen LogP contribution < -0.4 is 4.74 Å². The first-order valence-corrected chi connectivity index (χ1v) is 6.64. The molecule has 22 heavy (non-hydrogen) atoms. The number of nitrogens with zero attached hydrogens (tertiary/aromatic N) is 1. The van der Waals surface area contributed by atoms with Crippen LogP contribution in [0.5, 0.6) is 5.75 Å². The molecule has 0 amide bonds. The molecule has 1 fully saturated rings. The van der Waals surface area contributed by atoms with Crippen molar-refractivity contribution in [3.8, 4) is 5.75 Å². The number of rotatable bonds is 4. The van der Waals surface area contributed by atoms with Gasteiger partial charge in [0.05, 0.1) is 16.6 Å². The van der Waals surface area contributed by atoms with Crippen molar-refractivity contribution in [3.05, 3.63) is 33.3 Å². The summed E-state index contributed by atoms with van der Waals surface area (Å²) >= 11 is 5.85. The Labute approximate surface area is 129 Å². The van der Waals surface area contributed by atoms with Gasteiger partial charge in [-0.2, -0.15) is 0 Å². The standard InChI is InChI=1S/C12H14ClNO8/c13-6-3-5(14(19)20)1-2-7(6)21-12-11(18)10(17)9(16)8(4-15)22-12/h1-3,8-12,15-18H,4H2/t8?,9-,10-,11?,12+/m0/s1. The van der Waals surface area contributed by atoms with Gasteiger partial charge in [-0.1, -0.05) is 11.6 Å². The number of halogens is 1. The van der Waals surface area contributed by atoms with Crippen LogP contribution in [0.2, 0.25) is 5.02 Å². The Bertz CT molecular complexity index is 554. The van der Waals surface area contributed by atoms with Crippen LogP contribution in [0.25, 0.3) is 0 Å². The van der Waals surface area contributed by atoms with Gasteiger partial charge in [-0.15, -0.1) is 0 Å². The molecule has 2 rings (SSSR count). The molecule has 122 valence electrons. The van der Waals surface area contributed by atoms with Gasteiger partial charge in [0.15, 0.2) is 0 Å². The molecule has 10 heteroatoms. The summed E-state index contributed by atoms with van der Waals surface area (Å²) in [4.78, 5) is 9.98. The van der Waals surface area contributed by atoms with E-state index in [2.05, 4.69) is 0 Å². The van der Waals surface area contributed by atoms with E-state index in [1.807, 2.05) is 0 Å². The molecular formula is C12H14ClNO8. The third-order valence-corrected chi connectivity index (χ3v) is 3.51. The van der Waals surface area contributed by atoms with Crippen LogP contribution in [-0.4, -0.2) is 62.7 Å². The van der Waals surface area contributed by atoms with Gasteiger partial charge in [0, 0.05) is 12.1 Å². The molecule has 4 N–H and O–H groups in total. The van der Waals surface area contributed by atoms with Crippen molar-refractivity contribution in [1.82, 2.24) is 0 Å². The summed E-state index contributed by atoms with van der Waals surface area (Å²) < 4.78 is 10.4. The van der Waals surface area contributed by atoms with Gasteiger partial charge >= 0.3 is 0 Å². The average molecular weight is 336 g/mol. The summed E-state index contributed by atoms with van der Waals surface area (Å²) in [5.74, 6) is -0.0170. The molecular weight excluding hydrogens is 322 g/mol. The quantitative estimate of drug-likeness (QED) is 0.423. The molecule has 1 heterocycles. The highest BCUT2D eigenvalue weighted by Crippen LogP contribution is 2.31. The van der Waals surface area contributed by atoms with E-state index in [4.69, 9.17) is 26.2 Å². The monoisotopic (exact) mass is 335 g/mol. The maximum atomic E-state index is 10.6. The van der Waals surface area contributed by atoms with E-state index in [-0.39, 0.29) is 16.5 Å². The van der Waals surface area contributed by atoms with Crippen LogP contribution in [0, 0.1) is 10.1 Å². The van der Waals surface area contributed by atoms with Gasteiger partial charge in [-0.3, -0.25) is 10.1 Å². The smallest absolute Gasteiger partial charge is 0.271 e. The summed E-state index contributed by atoms with van der Waals surface area (Å²) in [5, 5.41) is 48.7. The Morgan fingerprint density at radius 2 is 1.95 bits per heavy atom. The number of nitro groups is 1. The summed E-state index contributed by atoms with van der Waals surface area (Å²) in [5.41, 5.74) is -0.244. The minimum atomic E-state index is -1.59. The molecule has 1 aromatic rings. The number of non-ortho nitro benzene ring substituents is 1. The number of benzene rings is 1. The minimum Gasteiger partial charge on any atom is -0.460 e. The maximum absolute atomic E-state index is 10.6. The van der Waals surface area contributed by atoms with Crippen LogP contribution in [0.4, 0.5) is 5.69 Å². The summed E-state index contributed by atoms with van der Waals surface area (Å²) in [6.07, 6.45) is -7.22. The molecule has 0 bridgehead atoms. The van der Waals surface area contributed by atoms with Gasteiger partial charge in [-0.25, -0.2) is 0 Å². The van der Waals surface area contributed by atoms with Crippen molar-refractivity contribution in [2.45, 2.75) is 30.7 Å². The molecule has 1 aromatic carbocycles. The van der Waals surface area contributed by atoms with Crippen molar-refractivity contribution in [2.24, 2.45) is 0 Å². The zero-order valence-electron chi connectivity index (χ0n) is 11.1. The molecule has 0 aromatic heterocycles. The maximum Gasteiger partial charge on any atom is 0.271 e. The van der Waals surface area contributed by atoms with Crippen molar-refractivity contribution in [2.75, 3.05) is 6.61 Å². The van der Waals surface area contributed by atoms with Gasteiger partial charge in [0.2, 0.25) is 6.29 Å². The Balaban J connectivity index is 2.17.